The number of benzene rings is 1. The number of nitrogens with zero attached hydrogens (tertiary/aromatic N) is 2. The average Bonchev–Trinajstić information content (AvgIpc) is 3.27. The van der Waals surface area contributed by atoms with Crippen molar-refractivity contribution >= 4 is 17.6 Å². The molecule has 1 saturated carbocycles. The van der Waals surface area contributed by atoms with Crippen LogP contribution in [-0.4, -0.2) is 89.8 Å². The summed E-state index contributed by atoms with van der Waals surface area (Å²) in [6.07, 6.45) is 2.16. The van der Waals surface area contributed by atoms with Crippen molar-refractivity contribution in [3.05, 3.63) is 29.3 Å². The summed E-state index contributed by atoms with van der Waals surface area (Å²) < 4.78 is 6.17. The fourth-order valence-corrected chi connectivity index (χ4v) is 9.25. The molecule has 0 aromatic heterocycles. The van der Waals surface area contributed by atoms with Crippen molar-refractivity contribution in [1.82, 2.24) is 15.1 Å². The molecule has 236 valence electrons. The molecule has 0 radical (unpaired) electrons. The number of ether oxygens (including phenoxy) is 1. The van der Waals surface area contributed by atoms with Gasteiger partial charge in [0.25, 0.3) is 0 Å². The minimum Gasteiger partial charge on any atom is -0.461 e. The van der Waals surface area contributed by atoms with E-state index in [-0.39, 0.29) is 47.9 Å². The number of nitrogens with one attached hydrogen (secondary N) is 2. The highest BCUT2D eigenvalue weighted by Crippen LogP contribution is 2.69. The largest absolute Gasteiger partial charge is 0.461 e. The first-order valence-corrected chi connectivity index (χ1v) is 16.1. The van der Waals surface area contributed by atoms with Crippen LogP contribution in [0, 0.1) is 29.1 Å². The van der Waals surface area contributed by atoms with E-state index < -0.39 is 22.0 Å². The maximum Gasteiger partial charge on any atom is 0.323 e. The number of hydrogen-bond donors (Lipinski definition) is 3. The van der Waals surface area contributed by atoms with Gasteiger partial charge in [0.15, 0.2) is 0 Å². The lowest BCUT2D eigenvalue weighted by Crippen LogP contribution is -2.75. The standard InChI is InChI=1S/C35H52N4O4/c1-21(2)14-15-24-12-11-13-27-28(24)37-31(41)34(27)19-33(36-8)20-39-23(5)16-26(43-30(40)29(22(3)4)38(9)10)17-25(39)18-35(33,42)32(34,6)7/h11-13,21-23,25-26,29,36,42H,16-20H2,1-10H3,(H,37,41)/t23-,25+,26+,29-,33+,34-,35-/m0/s1. The summed E-state index contributed by atoms with van der Waals surface area (Å²) in [7, 11) is 5.76. The van der Waals surface area contributed by atoms with E-state index in [9.17, 15) is 14.7 Å². The Morgan fingerprint density at radius 1 is 1.21 bits per heavy atom. The summed E-state index contributed by atoms with van der Waals surface area (Å²) in [6, 6.07) is 5.87. The first kappa shape index (κ1) is 32.0. The number of carbonyl (C=O) groups is 2. The lowest BCUT2D eigenvalue weighted by Gasteiger charge is -2.60. The van der Waals surface area contributed by atoms with E-state index in [1.807, 2.05) is 58.1 Å². The van der Waals surface area contributed by atoms with Gasteiger partial charge in [0.2, 0.25) is 5.91 Å². The number of para-hydroxylation sites is 1. The first-order valence-electron chi connectivity index (χ1n) is 16.1. The van der Waals surface area contributed by atoms with Gasteiger partial charge >= 0.3 is 5.97 Å². The zero-order chi connectivity index (χ0) is 31.7. The second kappa shape index (κ2) is 10.9. The molecule has 1 aromatic carbocycles. The molecule has 1 amide bonds. The number of likely N-dealkylation sites (N-methyl/N-ethyl adjacent to an activating group) is 2. The highest BCUT2D eigenvalue weighted by molar-refractivity contribution is 6.09. The van der Waals surface area contributed by atoms with E-state index in [1.54, 1.807) is 0 Å². The molecule has 1 aliphatic carbocycles. The second-order valence-electron chi connectivity index (χ2n) is 15.1. The van der Waals surface area contributed by atoms with Crippen molar-refractivity contribution in [2.45, 2.75) is 115 Å². The summed E-state index contributed by atoms with van der Waals surface area (Å²) in [5.41, 5.74) is -1.13. The van der Waals surface area contributed by atoms with Gasteiger partial charge in [0.05, 0.1) is 22.2 Å². The van der Waals surface area contributed by atoms with Gasteiger partial charge in [0, 0.05) is 41.9 Å². The van der Waals surface area contributed by atoms with Crippen LogP contribution in [0.25, 0.3) is 0 Å². The van der Waals surface area contributed by atoms with E-state index in [0.29, 0.717) is 25.8 Å². The van der Waals surface area contributed by atoms with Crippen LogP contribution < -0.4 is 10.6 Å². The first-order chi connectivity index (χ1) is 20.0. The lowest BCUT2D eigenvalue weighted by molar-refractivity contribution is -0.185. The second-order valence-corrected chi connectivity index (χ2v) is 15.1. The van der Waals surface area contributed by atoms with Crippen LogP contribution in [0.3, 0.4) is 0 Å². The Kier molecular flexibility index (Phi) is 8.08. The summed E-state index contributed by atoms with van der Waals surface area (Å²) >= 11 is 0. The van der Waals surface area contributed by atoms with Gasteiger partial charge in [-0.1, -0.05) is 65.5 Å². The number of rotatable bonds is 5. The van der Waals surface area contributed by atoms with Crippen molar-refractivity contribution in [3.63, 3.8) is 0 Å². The zero-order valence-corrected chi connectivity index (χ0v) is 27.8. The monoisotopic (exact) mass is 592 g/mol. The third-order valence-corrected chi connectivity index (χ3v) is 11.5. The number of piperidine rings is 2. The number of anilines is 1. The molecular weight excluding hydrogens is 540 g/mol. The molecule has 3 heterocycles. The molecule has 4 aliphatic rings. The fourth-order valence-electron chi connectivity index (χ4n) is 9.25. The highest BCUT2D eigenvalue weighted by atomic mass is 16.5. The number of fused-ring (bicyclic) bond motifs is 4. The third kappa shape index (κ3) is 4.57. The Bertz CT molecular complexity index is 1340. The van der Waals surface area contributed by atoms with Gasteiger partial charge < -0.3 is 20.5 Å². The quantitative estimate of drug-likeness (QED) is 0.354. The Hall–Kier alpha value is -2.44. The summed E-state index contributed by atoms with van der Waals surface area (Å²) in [5, 5.41) is 19.8. The molecule has 5 rings (SSSR count). The Morgan fingerprint density at radius 3 is 2.51 bits per heavy atom. The lowest BCUT2D eigenvalue weighted by atomic mass is 9.57. The molecule has 0 unspecified atom stereocenters. The Morgan fingerprint density at radius 2 is 1.91 bits per heavy atom. The van der Waals surface area contributed by atoms with Crippen molar-refractivity contribution in [2.75, 3.05) is 33.0 Å². The summed E-state index contributed by atoms with van der Waals surface area (Å²) in [4.78, 5) is 31.9. The van der Waals surface area contributed by atoms with E-state index in [1.165, 1.54) is 0 Å². The topological polar surface area (TPSA) is 94.1 Å². The van der Waals surface area contributed by atoms with Crippen LogP contribution in [-0.2, 0) is 19.7 Å². The molecule has 2 saturated heterocycles. The van der Waals surface area contributed by atoms with Gasteiger partial charge in [-0.3, -0.25) is 19.4 Å². The van der Waals surface area contributed by atoms with Crippen LogP contribution in [0.1, 0.15) is 85.3 Å². The predicted molar refractivity (Wildman–Crippen MR) is 170 cm³/mol. The van der Waals surface area contributed by atoms with Gasteiger partial charge in [-0.15, -0.1) is 0 Å². The van der Waals surface area contributed by atoms with Crippen LogP contribution in [0.4, 0.5) is 5.69 Å². The molecule has 1 spiro atoms. The van der Waals surface area contributed by atoms with Crippen LogP contribution in [0.5, 0.6) is 0 Å². The van der Waals surface area contributed by atoms with Gasteiger partial charge in [-0.2, -0.15) is 0 Å². The van der Waals surface area contributed by atoms with E-state index in [4.69, 9.17) is 4.74 Å². The highest BCUT2D eigenvalue weighted by Gasteiger charge is 2.79. The summed E-state index contributed by atoms with van der Waals surface area (Å²) in [6.45, 7) is 15.1. The maximum absolute atomic E-state index is 14.3. The van der Waals surface area contributed by atoms with E-state index >= 15 is 0 Å². The smallest absolute Gasteiger partial charge is 0.323 e. The van der Waals surface area contributed by atoms with Crippen LogP contribution in [0.15, 0.2) is 18.2 Å². The number of carbonyl (C=O) groups excluding carboxylic acids is 2. The van der Waals surface area contributed by atoms with E-state index in [0.717, 1.165) is 23.2 Å². The molecule has 8 heteroatoms. The molecule has 1 aromatic rings. The van der Waals surface area contributed by atoms with Gasteiger partial charge in [-0.25, -0.2) is 0 Å². The average molecular weight is 593 g/mol. The van der Waals surface area contributed by atoms with Crippen molar-refractivity contribution in [3.8, 4) is 11.8 Å². The number of esters is 1. The molecule has 3 fully saturated rings. The molecular formula is C35H52N4O4. The van der Waals surface area contributed by atoms with Crippen LogP contribution in [0.2, 0.25) is 0 Å². The SMILES string of the molecule is CN[C@]12CN3[C@H](C[C@H](OC(=O)[C@H](C(C)C)N(C)C)C[C@@H]3C)C[C@]1(O)C(C)(C)[C@]1(C2)C(=O)Nc2c(C#CC(C)C)cccc21. The minimum atomic E-state index is -1.20. The summed E-state index contributed by atoms with van der Waals surface area (Å²) in [5.74, 6) is 6.64. The minimum absolute atomic E-state index is 0.0199. The molecule has 43 heavy (non-hydrogen) atoms. The molecule has 3 aliphatic heterocycles. The number of amides is 1. The normalized spacial score (nSPS) is 35.3. The number of aliphatic hydroxyl groups is 1. The molecule has 8 nitrogen and oxygen atoms in total. The molecule has 0 bridgehead atoms. The predicted octanol–water partition coefficient (Wildman–Crippen LogP) is 3.76. The van der Waals surface area contributed by atoms with Gasteiger partial charge in [-0.05, 0) is 64.9 Å². The Labute approximate surface area is 258 Å². The van der Waals surface area contributed by atoms with Crippen molar-refractivity contribution in [2.24, 2.45) is 17.3 Å². The zero-order valence-electron chi connectivity index (χ0n) is 27.8. The fraction of sp³-hybridized carbons (Fsp3) is 0.714. The van der Waals surface area contributed by atoms with Crippen molar-refractivity contribution in [1.29, 1.82) is 0 Å². The van der Waals surface area contributed by atoms with Crippen molar-refractivity contribution < 1.29 is 19.4 Å². The maximum atomic E-state index is 14.3. The third-order valence-electron chi connectivity index (χ3n) is 11.5. The number of hydrogen-bond acceptors (Lipinski definition) is 7. The molecule has 7 atom stereocenters. The van der Waals surface area contributed by atoms with E-state index in [2.05, 4.69) is 62.0 Å². The Balaban J connectivity index is 1.51. The van der Waals surface area contributed by atoms with Crippen LogP contribution >= 0.6 is 0 Å². The van der Waals surface area contributed by atoms with Gasteiger partial charge in [0.1, 0.15) is 12.1 Å². The molecule has 3 N–H and O–H groups in total.